The van der Waals surface area contributed by atoms with Crippen molar-refractivity contribution in [3.8, 4) is 0 Å². The molecule has 10 heteroatoms. The molecule has 0 saturated carbocycles. The summed E-state index contributed by atoms with van der Waals surface area (Å²) >= 11 is -8.71. The molecule has 0 atom stereocenters. The number of hydrogen-bond donors (Lipinski definition) is 2. The number of rotatable bonds is 15. The van der Waals surface area contributed by atoms with E-state index in [-0.39, 0.29) is 30.3 Å². The monoisotopic (exact) mass is 1250 g/mol. The van der Waals surface area contributed by atoms with E-state index in [4.69, 9.17) is 0 Å². The molecule has 0 saturated heterocycles. The summed E-state index contributed by atoms with van der Waals surface area (Å²) in [6.45, 7) is 0. The minimum absolute atomic E-state index is 0.193. The van der Waals surface area contributed by atoms with Gasteiger partial charge in [0.15, 0.2) is 0 Å². The van der Waals surface area contributed by atoms with Gasteiger partial charge in [-0.1, -0.05) is 0 Å². The first-order valence-electron chi connectivity index (χ1n) is 22.9. The van der Waals surface area contributed by atoms with Gasteiger partial charge in [0, 0.05) is 0 Å². The third kappa shape index (κ3) is 13.1. The summed E-state index contributed by atoms with van der Waals surface area (Å²) in [5, 5.41) is 20.1. The normalized spacial score (nSPS) is 11.1. The number of aliphatic carboxylic acids is 2. The first-order valence-corrected chi connectivity index (χ1v) is 37.4. The van der Waals surface area contributed by atoms with E-state index in [0.717, 1.165) is 9.81 Å². The van der Waals surface area contributed by atoms with Crippen LogP contribution in [0.1, 0.15) is 12.8 Å². The van der Waals surface area contributed by atoms with Crippen molar-refractivity contribution in [2.75, 3.05) is 0 Å². The van der Waals surface area contributed by atoms with Crippen molar-refractivity contribution in [1.29, 1.82) is 0 Å². The van der Waals surface area contributed by atoms with Crippen LogP contribution >= 0.6 is 0 Å². The van der Waals surface area contributed by atoms with Crippen molar-refractivity contribution in [1.82, 2.24) is 0 Å². The third-order valence-corrected chi connectivity index (χ3v) is 42.6. The Morgan fingerprint density at radius 2 is 0.500 bits per heavy atom. The third-order valence-electron chi connectivity index (χ3n) is 12.3. The van der Waals surface area contributed by atoms with Gasteiger partial charge in [-0.15, -0.1) is 0 Å². The van der Waals surface area contributed by atoms with Crippen molar-refractivity contribution < 1.29 is 33.0 Å². The van der Waals surface area contributed by atoms with Crippen LogP contribution in [0.4, 0.5) is 13.2 Å². The molecular formula is C60H52BiF3Ge2O4. The summed E-state index contributed by atoms with van der Waals surface area (Å²) in [6, 6.07) is 82.1. The fraction of sp³-hybridized carbons (Fsp3) is 0.0667. The van der Waals surface area contributed by atoms with Gasteiger partial charge in [0.25, 0.3) is 0 Å². The number of hydrogen-bond acceptors (Lipinski definition) is 2. The summed E-state index contributed by atoms with van der Waals surface area (Å²) in [4.78, 5) is 22.7. The summed E-state index contributed by atoms with van der Waals surface area (Å²) in [6.07, 6.45) is 0.386. The minimum atomic E-state index is -3.03. The zero-order valence-corrected chi connectivity index (χ0v) is 46.0. The first-order chi connectivity index (χ1) is 34.1. The van der Waals surface area contributed by atoms with Crippen LogP contribution in [0.2, 0.25) is 10.5 Å². The standard InChI is InChI=1S/2C21H20GeO2.3C6H4F.Bi/c2*23-21(24)16-17-22(18-10-4-1-5-11-18,19-12-6-2-7-13-19)20-14-8-3-9-15-20;3*7-6-4-2-1-3-5-6;/h2*1-15H,16-17H2,(H,23,24);3*2-5H;. The van der Waals surface area contributed by atoms with Gasteiger partial charge in [0.05, 0.1) is 0 Å². The molecule has 0 radical (unpaired) electrons. The first kappa shape index (κ1) is 51.5. The van der Waals surface area contributed by atoms with Gasteiger partial charge < -0.3 is 0 Å². The molecule has 0 aliphatic rings. The molecule has 0 spiro atoms. The van der Waals surface area contributed by atoms with E-state index in [0.29, 0.717) is 10.5 Å². The van der Waals surface area contributed by atoms with E-state index in [1.165, 1.54) is 62.8 Å². The SMILES string of the molecule is Fc1cc[c]([Bi]([c]2ccc(F)cc2)[c]2ccc(F)cc2)cc1.O=C(O)C[CH2][Ge]([c]1ccccc1)([c]1ccccc1)[c]1ccccc1.O=C(O)C[CH2][Ge]([c]1ccccc1)([c]1ccccc1)[c]1ccccc1. The molecule has 2 N–H and O–H groups in total. The predicted molar refractivity (Wildman–Crippen MR) is 286 cm³/mol. The number of carboxylic acids is 2. The number of halogens is 3. The fourth-order valence-electron chi connectivity index (χ4n) is 9.01. The van der Waals surface area contributed by atoms with Gasteiger partial charge in [-0.2, -0.15) is 0 Å². The quantitative estimate of drug-likeness (QED) is 0.103. The zero-order chi connectivity index (χ0) is 49.2. The van der Waals surface area contributed by atoms with Crippen LogP contribution in [0.3, 0.4) is 0 Å². The number of carboxylic acid groups (broad SMARTS) is 2. The Balaban J connectivity index is 0.000000155. The molecule has 0 unspecified atom stereocenters. The predicted octanol–water partition coefficient (Wildman–Crippen LogP) is 7.88. The summed E-state index contributed by atoms with van der Waals surface area (Å²) in [7, 11) is 0. The van der Waals surface area contributed by atoms with Gasteiger partial charge in [-0.25, -0.2) is 0 Å². The Kier molecular flexibility index (Phi) is 18.8. The van der Waals surface area contributed by atoms with Crippen LogP contribution in [0.25, 0.3) is 0 Å². The molecule has 0 aliphatic carbocycles. The summed E-state index contributed by atoms with van der Waals surface area (Å²) < 4.78 is 50.6. The van der Waals surface area contributed by atoms with Gasteiger partial charge in [0.1, 0.15) is 0 Å². The van der Waals surface area contributed by atoms with Crippen molar-refractivity contribution in [3.63, 3.8) is 0 Å². The van der Waals surface area contributed by atoms with E-state index >= 15 is 0 Å². The van der Waals surface area contributed by atoms with Crippen LogP contribution in [0.5, 0.6) is 0 Å². The molecule has 0 aromatic heterocycles. The maximum absolute atomic E-state index is 13.2. The topological polar surface area (TPSA) is 74.6 Å². The Hall–Kier alpha value is -6.32. The molecule has 0 heterocycles. The second-order valence-corrected chi connectivity index (χ2v) is 42.2. The number of carbonyl (C=O) groups is 2. The van der Waals surface area contributed by atoms with E-state index in [2.05, 4.69) is 146 Å². The van der Waals surface area contributed by atoms with Crippen molar-refractivity contribution in [2.24, 2.45) is 0 Å². The van der Waals surface area contributed by atoms with E-state index in [9.17, 15) is 33.0 Å². The Labute approximate surface area is 421 Å². The van der Waals surface area contributed by atoms with Gasteiger partial charge in [-0.05, 0) is 0 Å². The van der Waals surface area contributed by atoms with Crippen molar-refractivity contribution >= 4 is 96.4 Å². The molecule has 350 valence electrons. The average Bonchev–Trinajstić information content (AvgIpc) is 3.41. The Morgan fingerprint density at radius 1 is 0.314 bits per heavy atom. The zero-order valence-electron chi connectivity index (χ0n) is 38.4. The second kappa shape index (κ2) is 25.5. The second-order valence-electron chi connectivity index (χ2n) is 16.6. The molecule has 0 bridgehead atoms. The molecule has 4 nitrogen and oxygen atoms in total. The Morgan fingerprint density at radius 3 is 0.671 bits per heavy atom. The van der Waals surface area contributed by atoms with Crippen LogP contribution < -0.4 is 36.2 Å². The maximum atomic E-state index is 13.2. The van der Waals surface area contributed by atoms with Gasteiger partial charge >= 0.3 is 425 Å². The molecule has 70 heavy (non-hydrogen) atoms. The molecule has 0 amide bonds. The molecule has 0 fully saturated rings. The van der Waals surface area contributed by atoms with E-state index in [1.807, 2.05) is 36.4 Å². The average molecular weight is 1250 g/mol. The van der Waals surface area contributed by atoms with Crippen LogP contribution in [-0.2, 0) is 9.59 Å². The van der Waals surface area contributed by atoms with Crippen molar-refractivity contribution in [3.05, 3.63) is 272 Å². The van der Waals surface area contributed by atoms with E-state index in [1.54, 1.807) is 36.4 Å². The molecule has 9 aromatic carbocycles. The molecule has 9 rings (SSSR count). The Bertz CT molecular complexity index is 2550. The molecular weight excluding hydrogens is 1200 g/mol. The number of benzene rings is 9. The van der Waals surface area contributed by atoms with Crippen LogP contribution in [-0.4, -0.2) is 70.4 Å². The van der Waals surface area contributed by atoms with Crippen LogP contribution in [0.15, 0.2) is 255 Å². The van der Waals surface area contributed by atoms with Gasteiger partial charge in [-0.3, -0.25) is 0 Å². The van der Waals surface area contributed by atoms with Gasteiger partial charge in [0.2, 0.25) is 0 Å². The summed E-state index contributed by atoms with van der Waals surface area (Å²) in [5.74, 6) is -2.32. The molecule has 0 aliphatic heterocycles. The van der Waals surface area contributed by atoms with Crippen molar-refractivity contribution in [2.45, 2.75) is 23.3 Å². The summed E-state index contributed by atoms with van der Waals surface area (Å²) in [5.41, 5.74) is 0. The molecule has 9 aromatic rings. The van der Waals surface area contributed by atoms with Crippen LogP contribution in [0, 0.1) is 17.5 Å². The van der Waals surface area contributed by atoms with E-state index < -0.39 is 60.2 Å². The fourth-order valence-corrected chi connectivity index (χ4v) is 37.6.